The predicted molar refractivity (Wildman–Crippen MR) is 112 cm³/mol. The second kappa shape index (κ2) is 7.19. The number of hydrogen-bond acceptors (Lipinski definition) is 6. The molecule has 3 aromatic rings. The molecular weight excluding hydrogens is 385 g/mol. The van der Waals surface area contributed by atoms with Crippen LogP contribution in [0.1, 0.15) is 31.4 Å². The molecule has 5 rings (SSSR count). The predicted octanol–water partition coefficient (Wildman–Crippen LogP) is 3.39. The second-order valence-corrected chi connectivity index (χ2v) is 7.91. The molecule has 2 atom stereocenters. The third-order valence-electron chi connectivity index (χ3n) is 5.66. The molecule has 4 heterocycles. The van der Waals surface area contributed by atoms with Crippen LogP contribution in [0.4, 0.5) is 10.2 Å². The van der Waals surface area contributed by atoms with Gasteiger partial charge in [0, 0.05) is 30.3 Å². The Morgan fingerprint density at radius 2 is 2.13 bits per heavy atom. The Morgan fingerprint density at radius 1 is 1.27 bits per heavy atom. The molecule has 0 amide bonds. The summed E-state index contributed by atoms with van der Waals surface area (Å²) in [6.45, 7) is 9.83. The van der Waals surface area contributed by atoms with Gasteiger partial charge in [0.1, 0.15) is 17.7 Å². The van der Waals surface area contributed by atoms with Crippen LogP contribution in [0.15, 0.2) is 37.2 Å². The summed E-state index contributed by atoms with van der Waals surface area (Å²) in [5, 5.41) is 7.74. The molecule has 0 aliphatic carbocycles. The van der Waals surface area contributed by atoms with Gasteiger partial charge in [-0.3, -0.25) is 0 Å². The van der Waals surface area contributed by atoms with Crippen molar-refractivity contribution in [2.75, 3.05) is 18.1 Å². The third-order valence-corrected chi connectivity index (χ3v) is 5.66. The zero-order valence-corrected chi connectivity index (χ0v) is 17.1. The molecule has 7 nitrogen and oxygen atoms in total. The van der Waals surface area contributed by atoms with E-state index in [0.717, 1.165) is 23.2 Å². The van der Waals surface area contributed by atoms with Gasteiger partial charge in [0.15, 0.2) is 17.2 Å². The van der Waals surface area contributed by atoms with Gasteiger partial charge in [-0.25, -0.2) is 13.9 Å². The van der Waals surface area contributed by atoms with Crippen LogP contribution in [0, 0.1) is 5.82 Å². The van der Waals surface area contributed by atoms with Gasteiger partial charge in [0.05, 0.1) is 31.1 Å². The summed E-state index contributed by atoms with van der Waals surface area (Å²) >= 11 is 0. The lowest BCUT2D eigenvalue weighted by atomic mass is 10.1. The van der Waals surface area contributed by atoms with Gasteiger partial charge >= 0.3 is 0 Å². The molecule has 0 saturated heterocycles. The summed E-state index contributed by atoms with van der Waals surface area (Å²) in [5.41, 5.74) is 3.02. The van der Waals surface area contributed by atoms with Crippen LogP contribution >= 0.6 is 0 Å². The van der Waals surface area contributed by atoms with E-state index in [1.807, 2.05) is 13.1 Å². The molecule has 30 heavy (non-hydrogen) atoms. The number of ether oxygens (including phenoxy) is 2. The van der Waals surface area contributed by atoms with Crippen LogP contribution in [0.5, 0.6) is 11.5 Å². The van der Waals surface area contributed by atoms with E-state index in [9.17, 15) is 4.39 Å². The van der Waals surface area contributed by atoms with Crippen molar-refractivity contribution in [3.05, 3.63) is 54.1 Å². The number of nitrogens with zero attached hydrogens (tertiary/aromatic N) is 4. The van der Waals surface area contributed by atoms with Crippen molar-refractivity contribution < 1.29 is 13.9 Å². The SMILES string of the molecule is C=C1NC[C@H](C)Oc2ccc(F)cc2CN2c3nc4c1cnn4cc3OCC[C@H]2C. The Hall–Kier alpha value is -3.29. The molecular formula is C22H24FN5O2. The summed E-state index contributed by atoms with van der Waals surface area (Å²) < 4.78 is 28.0. The van der Waals surface area contributed by atoms with Gasteiger partial charge in [-0.1, -0.05) is 6.58 Å². The minimum Gasteiger partial charge on any atom is -0.489 e. The molecule has 0 saturated carbocycles. The highest BCUT2D eigenvalue weighted by molar-refractivity contribution is 5.75. The Kier molecular flexibility index (Phi) is 4.49. The van der Waals surface area contributed by atoms with E-state index in [0.29, 0.717) is 42.7 Å². The molecule has 2 bridgehead atoms. The van der Waals surface area contributed by atoms with E-state index in [1.54, 1.807) is 16.8 Å². The van der Waals surface area contributed by atoms with Gasteiger partial charge < -0.3 is 19.7 Å². The van der Waals surface area contributed by atoms with Crippen LogP contribution in [0.3, 0.4) is 0 Å². The number of halogens is 1. The van der Waals surface area contributed by atoms with Crippen LogP contribution in [0.25, 0.3) is 11.3 Å². The maximum absolute atomic E-state index is 14.1. The fourth-order valence-corrected chi connectivity index (χ4v) is 3.93. The molecule has 0 fully saturated rings. The number of nitrogens with one attached hydrogen (secondary N) is 1. The summed E-state index contributed by atoms with van der Waals surface area (Å²) in [6.07, 6.45) is 4.28. The summed E-state index contributed by atoms with van der Waals surface area (Å²) in [5.74, 6) is 1.74. The maximum atomic E-state index is 14.1. The average molecular weight is 409 g/mol. The summed E-state index contributed by atoms with van der Waals surface area (Å²) in [6, 6.07) is 4.81. The number of fused-ring (bicyclic) bond motifs is 1. The van der Waals surface area contributed by atoms with E-state index in [2.05, 4.69) is 28.8 Å². The van der Waals surface area contributed by atoms with E-state index >= 15 is 0 Å². The fraction of sp³-hybridized carbons (Fsp3) is 0.364. The molecule has 8 heteroatoms. The van der Waals surface area contributed by atoms with Gasteiger partial charge in [-0.05, 0) is 32.0 Å². The maximum Gasteiger partial charge on any atom is 0.180 e. The average Bonchev–Trinajstić information content (AvgIpc) is 3.07. The van der Waals surface area contributed by atoms with Crippen LogP contribution in [-0.2, 0) is 6.54 Å². The molecule has 2 aliphatic heterocycles. The molecule has 0 unspecified atom stereocenters. The van der Waals surface area contributed by atoms with Crippen LogP contribution < -0.4 is 19.7 Å². The van der Waals surface area contributed by atoms with Gasteiger partial charge in [0.2, 0.25) is 0 Å². The Morgan fingerprint density at radius 3 is 3.00 bits per heavy atom. The van der Waals surface area contributed by atoms with Crippen molar-refractivity contribution in [1.29, 1.82) is 0 Å². The molecule has 0 radical (unpaired) electrons. The van der Waals surface area contributed by atoms with Crippen molar-refractivity contribution in [3.8, 4) is 11.5 Å². The smallest absolute Gasteiger partial charge is 0.180 e. The normalized spacial score (nSPS) is 21.4. The first-order chi connectivity index (χ1) is 14.5. The number of rotatable bonds is 0. The minimum absolute atomic E-state index is 0.144. The van der Waals surface area contributed by atoms with Crippen molar-refractivity contribution in [2.45, 2.75) is 39.0 Å². The Balaban J connectivity index is 1.71. The Bertz CT molecular complexity index is 1130. The monoisotopic (exact) mass is 409 g/mol. The highest BCUT2D eigenvalue weighted by Crippen LogP contribution is 2.35. The molecule has 2 aromatic heterocycles. The zero-order valence-electron chi connectivity index (χ0n) is 17.1. The molecule has 2 aliphatic rings. The lowest BCUT2D eigenvalue weighted by Crippen LogP contribution is -2.33. The lowest BCUT2D eigenvalue weighted by molar-refractivity contribution is 0.221. The third kappa shape index (κ3) is 3.22. The van der Waals surface area contributed by atoms with E-state index in [-0.39, 0.29) is 18.0 Å². The highest BCUT2D eigenvalue weighted by Gasteiger charge is 2.27. The topological polar surface area (TPSA) is 63.9 Å². The number of hydrogen-bond donors (Lipinski definition) is 1. The standard InChI is InChI=1S/C22H24FN5O2/c1-13-6-7-29-20-12-28-21-18(10-25-28)15(3)24-9-14(2)30-19-5-4-17(23)8-16(19)11-27(13)22(20)26-21/h4-5,8,10,12-14,24H,3,6-7,9,11H2,1-2H3/t13-,14+/m1/s1. The lowest BCUT2D eigenvalue weighted by Gasteiger charge is -2.29. The van der Waals surface area contributed by atoms with Crippen LogP contribution in [0.2, 0.25) is 0 Å². The van der Waals surface area contributed by atoms with Crippen LogP contribution in [-0.4, -0.2) is 39.9 Å². The van der Waals surface area contributed by atoms with Gasteiger partial charge in [-0.2, -0.15) is 5.10 Å². The van der Waals surface area contributed by atoms with Crippen molar-refractivity contribution in [2.24, 2.45) is 0 Å². The fourth-order valence-electron chi connectivity index (χ4n) is 3.93. The molecule has 156 valence electrons. The molecule has 1 aromatic carbocycles. The molecule has 1 N–H and O–H groups in total. The van der Waals surface area contributed by atoms with Crippen molar-refractivity contribution in [1.82, 2.24) is 19.9 Å². The van der Waals surface area contributed by atoms with Crippen molar-refractivity contribution in [3.63, 3.8) is 0 Å². The van der Waals surface area contributed by atoms with Gasteiger partial charge in [0.25, 0.3) is 0 Å². The largest absolute Gasteiger partial charge is 0.489 e. The second-order valence-electron chi connectivity index (χ2n) is 7.91. The first-order valence-corrected chi connectivity index (χ1v) is 10.2. The quantitative estimate of drug-likeness (QED) is 0.614. The van der Waals surface area contributed by atoms with E-state index in [4.69, 9.17) is 14.5 Å². The first kappa shape index (κ1) is 18.7. The summed E-state index contributed by atoms with van der Waals surface area (Å²) in [4.78, 5) is 7.08. The molecule has 0 spiro atoms. The highest BCUT2D eigenvalue weighted by atomic mass is 19.1. The minimum atomic E-state index is -0.291. The van der Waals surface area contributed by atoms with E-state index in [1.165, 1.54) is 12.1 Å². The van der Waals surface area contributed by atoms with Crippen molar-refractivity contribution >= 4 is 17.2 Å². The summed E-state index contributed by atoms with van der Waals surface area (Å²) in [7, 11) is 0. The number of aromatic nitrogens is 3. The Labute approximate surface area is 174 Å². The van der Waals surface area contributed by atoms with E-state index < -0.39 is 0 Å². The number of anilines is 1. The van der Waals surface area contributed by atoms with Gasteiger partial charge in [-0.15, -0.1) is 0 Å². The first-order valence-electron chi connectivity index (χ1n) is 10.2. The number of benzene rings is 1. The zero-order chi connectivity index (χ0) is 20.8.